The lowest BCUT2D eigenvalue weighted by Crippen LogP contribution is -2.40. The molecule has 1 aliphatic rings. The van der Waals surface area contributed by atoms with Crippen molar-refractivity contribution in [3.8, 4) is 11.8 Å². The zero-order valence-electron chi connectivity index (χ0n) is 22.3. The molecular formula is C29H33ClFN5O3. The monoisotopic (exact) mass is 553 g/mol. The van der Waals surface area contributed by atoms with Gasteiger partial charge in [-0.05, 0) is 69.0 Å². The molecule has 0 bridgehead atoms. The van der Waals surface area contributed by atoms with Gasteiger partial charge in [0, 0.05) is 36.3 Å². The predicted octanol–water partition coefficient (Wildman–Crippen LogP) is 6.40. The van der Waals surface area contributed by atoms with Gasteiger partial charge in [0.05, 0.1) is 23.5 Å². The molecular weight excluding hydrogens is 521 g/mol. The molecule has 10 heteroatoms. The molecule has 8 nitrogen and oxygen atoms in total. The molecule has 3 N–H and O–H groups in total. The third kappa shape index (κ3) is 8.29. The second-order valence-electron chi connectivity index (χ2n) is 10.1. The smallest absolute Gasteiger partial charge is 0.410 e. The quantitative estimate of drug-likeness (QED) is 0.260. The van der Waals surface area contributed by atoms with Gasteiger partial charge in [-0.1, -0.05) is 23.7 Å². The minimum Gasteiger partial charge on any atom is -0.490 e. The van der Waals surface area contributed by atoms with E-state index in [2.05, 4.69) is 11.1 Å². The van der Waals surface area contributed by atoms with E-state index in [1.807, 2.05) is 0 Å². The summed E-state index contributed by atoms with van der Waals surface area (Å²) >= 11 is 5.83. The van der Waals surface area contributed by atoms with Crippen LogP contribution in [0.15, 0.2) is 58.7 Å². The van der Waals surface area contributed by atoms with Crippen molar-refractivity contribution < 1.29 is 18.7 Å². The number of allylic oxidation sites excluding steroid dienone is 2. The largest absolute Gasteiger partial charge is 0.490 e. The fourth-order valence-electron chi connectivity index (χ4n) is 4.34. The van der Waals surface area contributed by atoms with Gasteiger partial charge in [-0.15, -0.1) is 0 Å². The van der Waals surface area contributed by atoms with Gasteiger partial charge < -0.3 is 25.5 Å². The molecule has 1 unspecified atom stereocenters. The fourth-order valence-corrected chi connectivity index (χ4v) is 4.45. The van der Waals surface area contributed by atoms with Crippen LogP contribution in [0.5, 0.6) is 5.75 Å². The summed E-state index contributed by atoms with van der Waals surface area (Å²) in [7, 11) is 0. The highest BCUT2D eigenvalue weighted by Gasteiger charge is 2.29. The number of nitriles is 1. The van der Waals surface area contributed by atoms with E-state index in [1.165, 1.54) is 22.7 Å². The molecule has 0 aromatic heterocycles. The summed E-state index contributed by atoms with van der Waals surface area (Å²) in [5, 5.41) is 18.1. The van der Waals surface area contributed by atoms with Gasteiger partial charge in [-0.2, -0.15) is 5.26 Å². The number of carbonyl (C=O) groups excluding carboxylic acids is 1. The van der Waals surface area contributed by atoms with E-state index < -0.39 is 11.7 Å². The van der Waals surface area contributed by atoms with Crippen LogP contribution in [0.25, 0.3) is 0 Å². The van der Waals surface area contributed by atoms with Gasteiger partial charge in [0.1, 0.15) is 29.8 Å². The Labute approximate surface area is 233 Å². The normalized spacial score (nSPS) is 15.3. The Balaban J connectivity index is 1.73. The van der Waals surface area contributed by atoms with Gasteiger partial charge in [-0.3, -0.25) is 0 Å². The number of ether oxygens (including phenoxy) is 2. The molecule has 1 aliphatic carbocycles. The molecule has 0 fully saturated rings. The first kappa shape index (κ1) is 29.7. The van der Waals surface area contributed by atoms with Gasteiger partial charge in [0.25, 0.3) is 0 Å². The van der Waals surface area contributed by atoms with Crippen molar-refractivity contribution in [1.82, 2.24) is 4.90 Å². The lowest BCUT2D eigenvalue weighted by atomic mass is 9.96. The molecule has 0 spiro atoms. The molecule has 0 heterocycles. The average molecular weight is 554 g/mol. The second-order valence-corrected chi connectivity index (χ2v) is 10.3. The molecule has 0 aliphatic heterocycles. The van der Waals surface area contributed by atoms with Crippen molar-refractivity contribution in [2.24, 2.45) is 4.99 Å². The Morgan fingerprint density at radius 1 is 1.28 bits per heavy atom. The number of nitrogens with zero attached hydrogens (tertiary/aromatic N) is 3. The first-order valence-electron chi connectivity index (χ1n) is 12.6. The van der Waals surface area contributed by atoms with Crippen LogP contribution in [-0.2, 0) is 4.74 Å². The summed E-state index contributed by atoms with van der Waals surface area (Å²) < 4.78 is 24.8. The number of rotatable bonds is 10. The lowest BCUT2D eigenvalue weighted by Gasteiger charge is -2.27. The number of anilines is 1. The van der Waals surface area contributed by atoms with E-state index in [4.69, 9.17) is 32.2 Å². The van der Waals surface area contributed by atoms with E-state index >= 15 is 0 Å². The number of nitrogen functional groups attached to an aromatic ring is 1. The van der Waals surface area contributed by atoms with Crippen LogP contribution in [0.4, 0.5) is 14.9 Å². The summed E-state index contributed by atoms with van der Waals surface area (Å²) in [5.41, 5.74) is 9.79. The SMILES string of the molecule is CC(C)(C)OC(=O)N(CCOc1cc(N)ccc1C#N)CCC(=N)C1=C(/N=C/Cl)C(c2ccc(F)cc2)CC1. The highest BCUT2D eigenvalue weighted by Crippen LogP contribution is 2.41. The topological polar surface area (TPSA) is 125 Å². The molecule has 1 amide bonds. The average Bonchev–Trinajstić information content (AvgIpc) is 3.29. The van der Waals surface area contributed by atoms with Gasteiger partial charge in [0.2, 0.25) is 0 Å². The van der Waals surface area contributed by atoms with Crippen molar-refractivity contribution in [2.75, 3.05) is 25.4 Å². The molecule has 206 valence electrons. The van der Waals surface area contributed by atoms with Gasteiger partial charge in [0.15, 0.2) is 0 Å². The number of carbonyl (C=O) groups is 1. The number of hydrogen-bond acceptors (Lipinski definition) is 7. The standard InChI is InChI=1S/C29H33ClFN5O3/c1-29(2,3)39-28(37)36(14-15-38-26-16-22(33)9-6-20(26)17-32)13-12-25(34)24-11-10-23(27(24)35-18-30)19-4-7-21(31)8-5-19/h4-9,16,18,23,34H,10-15,33H2,1-3H3/b34-25?,35-18+. The predicted molar refractivity (Wildman–Crippen MR) is 151 cm³/mol. The zero-order chi connectivity index (χ0) is 28.6. The Morgan fingerprint density at radius 3 is 2.64 bits per heavy atom. The van der Waals surface area contributed by atoms with Crippen molar-refractivity contribution >= 4 is 34.8 Å². The highest BCUT2D eigenvalue weighted by molar-refractivity contribution is 6.56. The molecule has 0 saturated carbocycles. The molecule has 2 aromatic rings. The third-order valence-electron chi connectivity index (χ3n) is 6.18. The van der Waals surface area contributed by atoms with Crippen LogP contribution in [0.3, 0.4) is 0 Å². The number of nitrogens with one attached hydrogen (secondary N) is 1. The number of amides is 1. The number of hydrogen-bond donors (Lipinski definition) is 2. The Bertz CT molecular complexity index is 1300. The number of benzene rings is 2. The van der Waals surface area contributed by atoms with Crippen LogP contribution >= 0.6 is 11.6 Å². The maximum absolute atomic E-state index is 13.4. The maximum Gasteiger partial charge on any atom is 0.410 e. The summed E-state index contributed by atoms with van der Waals surface area (Å²) in [6, 6.07) is 13.1. The summed E-state index contributed by atoms with van der Waals surface area (Å²) in [4.78, 5) is 18.8. The number of nitrogens with two attached hydrogens (primary N) is 1. The van der Waals surface area contributed by atoms with Gasteiger partial charge >= 0.3 is 6.09 Å². The van der Waals surface area contributed by atoms with E-state index in [-0.39, 0.29) is 37.9 Å². The summed E-state index contributed by atoms with van der Waals surface area (Å²) in [6.07, 6.45) is 1.06. The van der Waals surface area contributed by atoms with Gasteiger partial charge in [-0.25, -0.2) is 14.2 Å². The van der Waals surface area contributed by atoms with Crippen molar-refractivity contribution in [1.29, 1.82) is 10.7 Å². The third-order valence-corrected chi connectivity index (χ3v) is 6.27. The number of aliphatic imine (C=N–C) groups is 1. The van der Waals surface area contributed by atoms with Crippen molar-refractivity contribution in [2.45, 2.75) is 51.6 Å². The second kappa shape index (κ2) is 13.3. The highest BCUT2D eigenvalue weighted by atomic mass is 35.5. The Morgan fingerprint density at radius 2 is 2.00 bits per heavy atom. The Kier molecular flexibility index (Phi) is 10.1. The molecule has 39 heavy (non-hydrogen) atoms. The van der Waals surface area contributed by atoms with Crippen LogP contribution in [0, 0.1) is 22.6 Å². The first-order valence-corrected chi connectivity index (χ1v) is 13.1. The minimum atomic E-state index is -0.704. The summed E-state index contributed by atoms with van der Waals surface area (Å²) in [5.74, 6) is -0.0817. The van der Waals surface area contributed by atoms with Crippen LogP contribution in [0.2, 0.25) is 0 Å². The molecule has 1 atom stereocenters. The van der Waals surface area contributed by atoms with E-state index in [1.54, 1.807) is 51.1 Å². The van der Waals surface area contributed by atoms with Crippen LogP contribution in [-0.4, -0.2) is 47.7 Å². The van der Waals surface area contributed by atoms with Crippen molar-refractivity contribution in [3.63, 3.8) is 0 Å². The number of halogens is 2. The molecule has 0 radical (unpaired) electrons. The van der Waals surface area contributed by atoms with Crippen molar-refractivity contribution in [3.05, 3.63) is 70.7 Å². The lowest BCUT2D eigenvalue weighted by molar-refractivity contribution is 0.0232. The van der Waals surface area contributed by atoms with Crippen LogP contribution < -0.4 is 10.5 Å². The Hall–Kier alpha value is -3.90. The first-order chi connectivity index (χ1) is 18.5. The minimum absolute atomic E-state index is 0.0982. The molecule has 0 saturated heterocycles. The fraction of sp³-hybridized carbons (Fsp3) is 0.379. The van der Waals surface area contributed by atoms with E-state index in [9.17, 15) is 14.4 Å². The zero-order valence-corrected chi connectivity index (χ0v) is 23.1. The molecule has 3 rings (SSSR count). The maximum atomic E-state index is 13.4. The van der Waals surface area contributed by atoms with Crippen LogP contribution in [0.1, 0.15) is 57.1 Å². The molecule has 2 aromatic carbocycles. The van der Waals surface area contributed by atoms with E-state index in [0.717, 1.165) is 17.6 Å². The van der Waals surface area contributed by atoms with E-state index in [0.29, 0.717) is 34.8 Å². The summed E-state index contributed by atoms with van der Waals surface area (Å²) in [6.45, 7) is 5.82.